The Morgan fingerprint density at radius 2 is 0.639 bits per heavy atom. The summed E-state index contributed by atoms with van der Waals surface area (Å²) in [6, 6.07) is -0.969. The highest BCUT2D eigenvalue weighted by atomic mass is 16.8. The van der Waals surface area contributed by atoms with E-state index in [1.165, 1.54) is 276 Å². The molecule has 3 aliphatic rings. The molecule has 574 valence electrons. The average Bonchev–Trinajstić information content (AvgIpc) is 0.790. The lowest BCUT2D eigenvalue weighted by molar-refractivity contribution is -0.379. The highest BCUT2D eigenvalue weighted by molar-refractivity contribution is 5.76. The van der Waals surface area contributed by atoms with E-state index in [9.17, 15) is 61.0 Å². The number of amides is 1. The molecule has 0 aromatic carbocycles. The number of carbonyl (C=O) groups excluding carboxylic acids is 1. The fourth-order valence-corrected chi connectivity index (χ4v) is 14.1. The summed E-state index contributed by atoms with van der Waals surface area (Å²) in [4.78, 5) is 13.4. The molecule has 0 bridgehead atoms. The number of aliphatic hydroxyl groups excluding tert-OH is 11. The molecule has 3 aliphatic heterocycles. The lowest BCUT2D eigenvalue weighted by Crippen LogP contribution is -2.66. The third-order valence-electron chi connectivity index (χ3n) is 20.6. The first-order chi connectivity index (χ1) is 47.3. The second kappa shape index (κ2) is 59.9. The van der Waals surface area contributed by atoms with Crippen LogP contribution in [0.3, 0.4) is 0 Å². The van der Waals surface area contributed by atoms with Crippen LogP contribution in [0.15, 0.2) is 12.2 Å². The molecule has 19 nitrogen and oxygen atoms in total. The van der Waals surface area contributed by atoms with E-state index in [4.69, 9.17) is 28.4 Å². The third-order valence-corrected chi connectivity index (χ3v) is 20.6. The molecule has 1 amide bonds. The molecule has 97 heavy (non-hydrogen) atoms. The van der Waals surface area contributed by atoms with Gasteiger partial charge in [-0.3, -0.25) is 4.79 Å². The normalized spacial score (nSPS) is 26.9. The van der Waals surface area contributed by atoms with Crippen LogP contribution in [0.4, 0.5) is 0 Å². The monoisotopic (exact) mass is 1390 g/mol. The summed E-state index contributed by atoms with van der Waals surface area (Å²) >= 11 is 0. The van der Waals surface area contributed by atoms with E-state index in [2.05, 4.69) is 19.2 Å². The van der Waals surface area contributed by atoms with Crippen molar-refractivity contribution in [2.24, 2.45) is 0 Å². The molecule has 3 saturated heterocycles. The zero-order valence-electron chi connectivity index (χ0n) is 61.3. The fraction of sp³-hybridized carbons (Fsp3) is 0.962. The molecule has 17 atom stereocenters. The summed E-state index contributed by atoms with van der Waals surface area (Å²) in [5.74, 6) is -0.268. The standard InChI is InChI=1S/C78H149NO18/c1-3-5-7-9-11-13-15-17-19-20-21-22-23-24-25-26-27-28-29-30-31-32-33-34-35-36-37-38-39-40-42-44-46-48-50-52-54-56-66(84)79-61(62(83)55-53-51-49-47-45-43-41-18-16-14-12-10-8-6-4-2)60-92-76-72(90)69(87)74(64(58-81)94-76)97-78-73(91)70(88)75(65(59-82)95-78)96-77-71(89)68(86)67(85)63(57-80)93-77/h53,55,61-65,67-78,80-83,85-91H,3-52,54,56-60H2,1-2H3,(H,79,84)/b55-53+. The Morgan fingerprint density at radius 1 is 0.361 bits per heavy atom. The van der Waals surface area contributed by atoms with E-state index < -0.39 is 124 Å². The van der Waals surface area contributed by atoms with Crippen LogP contribution < -0.4 is 5.32 Å². The SMILES string of the molecule is CCCCCCCCCCCCCCC/C=C/C(O)C(COC1OC(CO)C(OC2OC(CO)C(OC3OC(CO)C(O)C(O)C3O)C(O)C2O)C(O)C1O)NC(=O)CCCCCCCCCCCCCCCCCCCCCCCCCCCCCCCCCCCCCCC. The Labute approximate surface area is 588 Å². The van der Waals surface area contributed by atoms with Crippen molar-refractivity contribution in [3.05, 3.63) is 12.2 Å². The largest absolute Gasteiger partial charge is 0.394 e. The van der Waals surface area contributed by atoms with Gasteiger partial charge in [-0.1, -0.05) is 334 Å². The zero-order valence-corrected chi connectivity index (χ0v) is 61.3. The van der Waals surface area contributed by atoms with Gasteiger partial charge in [0.25, 0.3) is 0 Å². The van der Waals surface area contributed by atoms with Crippen molar-refractivity contribution in [2.75, 3.05) is 26.4 Å². The molecule has 3 fully saturated rings. The number of hydrogen-bond donors (Lipinski definition) is 12. The summed E-state index contributed by atoms with van der Waals surface area (Å²) < 4.78 is 34.4. The van der Waals surface area contributed by atoms with Gasteiger partial charge in [-0.05, 0) is 19.3 Å². The molecule has 0 saturated carbocycles. The fourth-order valence-electron chi connectivity index (χ4n) is 14.1. The van der Waals surface area contributed by atoms with Crippen molar-refractivity contribution in [1.82, 2.24) is 5.32 Å². The Morgan fingerprint density at radius 3 is 0.969 bits per heavy atom. The smallest absolute Gasteiger partial charge is 0.220 e. The molecule has 12 N–H and O–H groups in total. The predicted molar refractivity (Wildman–Crippen MR) is 383 cm³/mol. The van der Waals surface area contributed by atoms with Crippen LogP contribution in [0, 0.1) is 0 Å². The van der Waals surface area contributed by atoms with Crippen molar-refractivity contribution < 1.29 is 89.4 Å². The molecule has 0 aromatic rings. The van der Waals surface area contributed by atoms with Crippen LogP contribution in [-0.4, -0.2) is 193 Å². The van der Waals surface area contributed by atoms with E-state index in [-0.39, 0.29) is 18.9 Å². The number of unbranched alkanes of at least 4 members (excludes halogenated alkanes) is 49. The van der Waals surface area contributed by atoms with E-state index in [1.807, 2.05) is 6.08 Å². The Hall–Kier alpha value is -1.47. The van der Waals surface area contributed by atoms with Gasteiger partial charge in [0.2, 0.25) is 5.91 Å². The van der Waals surface area contributed by atoms with Gasteiger partial charge in [0, 0.05) is 6.42 Å². The van der Waals surface area contributed by atoms with Gasteiger partial charge < -0.3 is 89.9 Å². The van der Waals surface area contributed by atoms with E-state index in [1.54, 1.807) is 6.08 Å². The number of rotatable bonds is 65. The zero-order chi connectivity index (χ0) is 70.4. The van der Waals surface area contributed by atoms with E-state index >= 15 is 0 Å². The molecule has 0 spiro atoms. The number of aliphatic hydroxyl groups is 11. The van der Waals surface area contributed by atoms with Crippen molar-refractivity contribution in [3.8, 4) is 0 Å². The van der Waals surface area contributed by atoms with Gasteiger partial charge >= 0.3 is 0 Å². The second-order valence-corrected chi connectivity index (χ2v) is 29.2. The molecule has 17 unspecified atom stereocenters. The van der Waals surface area contributed by atoms with Gasteiger partial charge in [0.05, 0.1) is 38.6 Å². The van der Waals surface area contributed by atoms with Gasteiger partial charge in [0.1, 0.15) is 73.2 Å². The number of hydrogen-bond acceptors (Lipinski definition) is 18. The maximum atomic E-state index is 13.4. The van der Waals surface area contributed by atoms with Crippen LogP contribution in [0.5, 0.6) is 0 Å². The minimum Gasteiger partial charge on any atom is -0.394 e. The number of allylic oxidation sites excluding steroid dienone is 1. The Kier molecular flexibility index (Phi) is 55.4. The van der Waals surface area contributed by atoms with Crippen LogP contribution >= 0.6 is 0 Å². The van der Waals surface area contributed by atoms with Gasteiger partial charge in [0.15, 0.2) is 18.9 Å². The van der Waals surface area contributed by atoms with E-state index in [0.717, 1.165) is 44.9 Å². The van der Waals surface area contributed by atoms with Gasteiger partial charge in [-0.25, -0.2) is 0 Å². The number of carbonyl (C=O) groups is 1. The first-order valence-electron chi connectivity index (χ1n) is 40.4. The summed E-state index contributed by atoms with van der Waals surface area (Å²) in [6.45, 7) is 1.78. The maximum Gasteiger partial charge on any atom is 0.220 e. The minimum absolute atomic E-state index is 0.250. The molecular weight excluding hydrogens is 1240 g/mol. The van der Waals surface area contributed by atoms with Crippen LogP contribution in [0.25, 0.3) is 0 Å². The molecule has 0 aromatic heterocycles. The second-order valence-electron chi connectivity index (χ2n) is 29.2. The van der Waals surface area contributed by atoms with Crippen LogP contribution in [-0.2, 0) is 33.2 Å². The lowest BCUT2D eigenvalue weighted by Gasteiger charge is -2.48. The first-order valence-corrected chi connectivity index (χ1v) is 40.4. The third kappa shape index (κ3) is 40.4. The van der Waals surface area contributed by atoms with Gasteiger partial charge in [-0.2, -0.15) is 0 Å². The Balaban J connectivity index is 1.30. The average molecular weight is 1390 g/mol. The summed E-state index contributed by atoms with van der Waals surface area (Å²) in [7, 11) is 0. The summed E-state index contributed by atoms with van der Waals surface area (Å²) in [5, 5.41) is 121. The molecule has 19 heteroatoms. The highest BCUT2D eigenvalue weighted by Gasteiger charge is 2.54. The van der Waals surface area contributed by atoms with Crippen LogP contribution in [0.1, 0.15) is 348 Å². The minimum atomic E-state index is -1.98. The van der Waals surface area contributed by atoms with Gasteiger partial charge in [-0.15, -0.1) is 0 Å². The first kappa shape index (κ1) is 89.7. The van der Waals surface area contributed by atoms with Crippen molar-refractivity contribution in [3.63, 3.8) is 0 Å². The molecular formula is C78H149NO18. The molecule has 0 radical (unpaired) electrons. The summed E-state index contributed by atoms with van der Waals surface area (Å²) in [6.07, 6.45) is 43.8. The highest BCUT2D eigenvalue weighted by Crippen LogP contribution is 2.33. The summed E-state index contributed by atoms with van der Waals surface area (Å²) in [5.41, 5.74) is 0. The topological polar surface area (TPSA) is 307 Å². The number of ether oxygens (including phenoxy) is 6. The van der Waals surface area contributed by atoms with Crippen molar-refractivity contribution in [1.29, 1.82) is 0 Å². The molecule has 3 rings (SSSR count). The van der Waals surface area contributed by atoms with Crippen LogP contribution in [0.2, 0.25) is 0 Å². The quantitative estimate of drug-likeness (QED) is 0.0199. The predicted octanol–water partition coefficient (Wildman–Crippen LogP) is 13.2. The number of nitrogens with one attached hydrogen (secondary N) is 1. The van der Waals surface area contributed by atoms with Crippen molar-refractivity contribution in [2.45, 2.75) is 452 Å². The van der Waals surface area contributed by atoms with Crippen molar-refractivity contribution >= 4 is 5.91 Å². The van der Waals surface area contributed by atoms with E-state index in [0.29, 0.717) is 6.42 Å². The molecule has 0 aliphatic carbocycles. The maximum absolute atomic E-state index is 13.4. The lowest BCUT2D eigenvalue weighted by atomic mass is 9.96. The Bertz CT molecular complexity index is 1800. The molecule has 3 heterocycles.